The highest BCUT2D eigenvalue weighted by Crippen LogP contribution is 2.16. The fourth-order valence-corrected chi connectivity index (χ4v) is 2.31. The zero-order valence-corrected chi connectivity index (χ0v) is 10.6. The predicted molar refractivity (Wildman–Crippen MR) is 68.4 cm³/mol. The van der Waals surface area contributed by atoms with Gasteiger partial charge in [-0.1, -0.05) is 12.1 Å². The quantitative estimate of drug-likeness (QED) is 0.859. The molecule has 2 atom stereocenters. The lowest BCUT2D eigenvalue weighted by molar-refractivity contribution is -0.126. The van der Waals surface area contributed by atoms with Gasteiger partial charge >= 0.3 is 0 Å². The molecule has 1 saturated heterocycles. The average Bonchev–Trinajstić information content (AvgIpc) is 2.38. The molecule has 2 N–H and O–H groups in total. The minimum Gasteiger partial charge on any atom is -0.352 e. The van der Waals surface area contributed by atoms with Gasteiger partial charge in [0.05, 0.1) is 0 Å². The van der Waals surface area contributed by atoms with Crippen LogP contribution in [0, 0.1) is 11.7 Å². The molecule has 2 unspecified atom stereocenters. The smallest absolute Gasteiger partial charge is 0.223 e. The molecule has 0 saturated carbocycles. The Kier molecular flexibility index (Phi) is 4.31. The molecule has 0 spiro atoms. The third kappa shape index (κ3) is 3.53. The van der Waals surface area contributed by atoms with Crippen LogP contribution < -0.4 is 10.6 Å². The Hall–Kier alpha value is -1.42. The normalized spacial score (nSPS) is 23.7. The van der Waals surface area contributed by atoms with Gasteiger partial charge in [0, 0.05) is 18.5 Å². The Bertz CT molecular complexity index is 405. The van der Waals surface area contributed by atoms with Crippen molar-refractivity contribution in [3.8, 4) is 0 Å². The van der Waals surface area contributed by atoms with E-state index in [9.17, 15) is 9.18 Å². The number of hydrogen-bond acceptors (Lipinski definition) is 2. The highest BCUT2D eigenvalue weighted by atomic mass is 19.1. The van der Waals surface area contributed by atoms with Crippen molar-refractivity contribution in [1.29, 1.82) is 0 Å². The van der Waals surface area contributed by atoms with Crippen molar-refractivity contribution in [2.24, 2.45) is 5.92 Å². The van der Waals surface area contributed by atoms with Crippen LogP contribution in [0.4, 0.5) is 4.39 Å². The largest absolute Gasteiger partial charge is 0.352 e. The van der Waals surface area contributed by atoms with Gasteiger partial charge in [-0.2, -0.15) is 0 Å². The Labute approximate surface area is 107 Å². The summed E-state index contributed by atoms with van der Waals surface area (Å²) in [6.45, 7) is 3.46. The molecule has 1 aromatic carbocycles. The number of benzene rings is 1. The van der Waals surface area contributed by atoms with Crippen LogP contribution in [0.5, 0.6) is 0 Å². The van der Waals surface area contributed by atoms with Gasteiger partial charge in [-0.25, -0.2) is 4.39 Å². The Morgan fingerprint density at radius 3 is 2.83 bits per heavy atom. The Morgan fingerprint density at radius 2 is 2.17 bits per heavy atom. The fourth-order valence-electron chi connectivity index (χ4n) is 2.31. The monoisotopic (exact) mass is 250 g/mol. The highest BCUT2D eigenvalue weighted by molar-refractivity contribution is 5.78. The Morgan fingerprint density at radius 1 is 1.44 bits per heavy atom. The summed E-state index contributed by atoms with van der Waals surface area (Å²) in [5.41, 5.74) is 0.923. The van der Waals surface area contributed by atoms with E-state index in [0.29, 0.717) is 12.6 Å². The van der Waals surface area contributed by atoms with Crippen molar-refractivity contribution in [1.82, 2.24) is 10.6 Å². The summed E-state index contributed by atoms with van der Waals surface area (Å²) in [6.07, 6.45) is 1.77. The molecular formula is C14H19FN2O. The standard InChI is InChI=1S/C14H19FN2O/c1-10-8-12(6-7-16-10)14(18)17-9-11-2-4-13(15)5-3-11/h2-5,10,12,16H,6-9H2,1H3,(H,17,18). The van der Waals surface area contributed by atoms with Crippen molar-refractivity contribution < 1.29 is 9.18 Å². The molecule has 2 rings (SSSR count). The molecule has 1 heterocycles. The molecule has 1 fully saturated rings. The van der Waals surface area contributed by atoms with Gasteiger partial charge in [-0.05, 0) is 44.0 Å². The van der Waals surface area contributed by atoms with Gasteiger partial charge in [-0.15, -0.1) is 0 Å². The molecule has 1 aromatic rings. The number of hydrogen-bond donors (Lipinski definition) is 2. The van der Waals surface area contributed by atoms with Crippen molar-refractivity contribution in [3.05, 3.63) is 35.6 Å². The number of amides is 1. The predicted octanol–water partition coefficient (Wildman–Crippen LogP) is 1.83. The first kappa shape index (κ1) is 13.0. The number of halogens is 1. The lowest BCUT2D eigenvalue weighted by atomic mass is 9.92. The molecule has 4 heteroatoms. The minimum absolute atomic E-state index is 0.0988. The first-order chi connectivity index (χ1) is 8.65. The fraction of sp³-hybridized carbons (Fsp3) is 0.500. The number of rotatable bonds is 3. The molecule has 0 aliphatic carbocycles. The first-order valence-corrected chi connectivity index (χ1v) is 6.40. The second kappa shape index (κ2) is 5.96. The SMILES string of the molecule is CC1CC(C(=O)NCc2ccc(F)cc2)CCN1. The maximum absolute atomic E-state index is 12.7. The van der Waals surface area contributed by atoms with Crippen LogP contribution in [0.15, 0.2) is 24.3 Å². The van der Waals surface area contributed by atoms with Gasteiger partial charge < -0.3 is 10.6 Å². The van der Waals surface area contributed by atoms with E-state index in [4.69, 9.17) is 0 Å². The summed E-state index contributed by atoms with van der Waals surface area (Å²) in [5, 5.41) is 6.24. The van der Waals surface area contributed by atoms with E-state index in [2.05, 4.69) is 17.6 Å². The lowest BCUT2D eigenvalue weighted by Crippen LogP contribution is -2.42. The van der Waals surface area contributed by atoms with E-state index in [-0.39, 0.29) is 17.6 Å². The number of carbonyl (C=O) groups is 1. The zero-order valence-electron chi connectivity index (χ0n) is 10.6. The maximum Gasteiger partial charge on any atom is 0.223 e. The first-order valence-electron chi connectivity index (χ1n) is 6.40. The van der Waals surface area contributed by atoms with E-state index < -0.39 is 0 Å². The van der Waals surface area contributed by atoms with Gasteiger partial charge in [0.2, 0.25) is 5.91 Å². The second-order valence-corrected chi connectivity index (χ2v) is 4.92. The zero-order chi connectivity index (χ0) is 13.0. The minimum atomic E-state index is -0.253. The van der Waals surface area contributed by atoms with Crippen LogP contribution in [0.25, 0.3) is 0 Å². The van der Waals surface area contributed by atoms with Crippen LogP contribution in [-0.4, -0.2) is 18.5 Å². The van der Waals surface area contributed by atoms with Crippen LogP contribution in [0.1, 0.15) is 25.3 Å². The molecule has 0 aromatic heterocycles. The van der Waals surface area contributed by atoms with Crippen LogP contribution in [0.3, 0.4) is 0 Å². The third-order valence-electron chi connectivity index (χ3n) is 3.37. The maximum atomic E-state index is 12.7. The molecule has 3 nitrogen and oxygen atoms in total. The molecule has 98 valence electrons. The van der Waals surface area contributed by atoms with Crippen LogP contribution >= 0.6 is 0 Å². The average molecular weight is 250 g/mol. The molecule has 0 radical (unpaired) electrons. The van der Waals surface area contributed by atoms with Crippen molar-refractivity contribution in [2.75, 3.05) is 6.54 Å². The topological polar surface area (TPSA) is 41.1 Å². The summed E-state index contributed by atoms with van der Waals surface area (Å²) >= 11 is 0. The van der Waals surface area contributed by atoms with E-state index in [1.165, 1.54) is 12.1 Å². The second-order valence-electron chi connectivity index (χ2n) is 4.92. The van der Waals surface area contributed by atoms with E-state index in [0.717, 1.165) is 24.9 Å². The highest BCUT2D eigenvalue weighted by Gasteiger charge is 2.24. The number of carbonyl (C=O) groups excluding carboxylic acids is 1. The summed E-state index contributed by atoms with van der Waals surface area (Å²) in [5.74, 6) is -0.0494. The molecule has 0 bridgehead atoms. The van der Waals surface area contributed by atoms with Crippen molar-refractivity contribution in [2.45, 2.75) is 32.4 Å². The van der Waals surface area contributed by atoms with Gasteiger partial charge in [0.25, 0.3) is 0 Å². The summed E-state index contributed by atoms with van der Waals surface area (Å²) < 4.78 is 12.7. The van der Waals surface area contributed by atoms with Gasteiger partial charge in [0.1, 0.15) is 5.82 Å². The number of nitrogens with one attached hydrogen (secondary N) is 2. The van der Waals surface area contributed by atoms with E-state index in [1.54, 1.807) is 12.1 Å². The molecule has 1 aliphatic rings. The third-order valence-corrected chi connectivity index (χ3v) is 3.37. The van der Waals surface area contributed by atoms with Crippen LogP contribution in [-0.2, 0) is 11.3 Å². The lowest BCUT2D eigenvalue weighted by Gasteiger charge is -2.27. The summed E-state index contributed by atoms with van der Waals surface area (Å²) in [4.78, 5) is 12.0. The van der Waals surface area contributed by atoms with Gasteiger partial charge in [-0.3, -0.25) is 4.79 Å². The molecule has 1 aliphatic heterocycles. The van der Waals surface area contributed by atoms with Gasteiger partial charge in [0.15, 0.2) is 0 Å². The van der Waals surface area contributed by atoms with Crippen molar-refractivity contribution >= 4 is 5.91 Å². The van der Waals surface area contributed by atoms with Crippen molar-refractivity contribution in [3.63, 3.8) is 0 Å². The summed E-state index contributed by atoms with van der Waals surface area (Å²) in [7, 11) is 0. The van der Waals surface area contributed by atoms with E-state index in [1.807, 2.05) is 0 Å². The molecule has 18 heavy (non-hydrogen) atoms. The van der Waals surface area contributed by atoms with E-state index >= 15 is 0 Å². The van der Waals surface area contributed by atoms with Crippen LogP contribution in [0.2, 0.25) is 0 Å². The Balaban J connectivity index is 1.82. The molecule has 1 amide bonds. The molecular weight excluding hydrogens is 231 g/mol. The number of piperidine rings is 1. The summed E-state index contributed by atoms with van der Waals surface area (Å²) in [6, 6.07) is 6.61.